The number of carboxylic acids is 1. The number of ether oxygens (including phenoxy) is 1. The molecule has 0 radical (unpaired) electrons. The second-order valence-corrected chi connectivity index (χ2v) is 3.75. The second-order valence-electron chi connectivity index (χ2n) is 2.90. The van der Waals surface area contributed by atoms with Crippen LogP contribution in [0.1, 0.15) is 5.56 Å². The van der Waals surface area contributed by atoms with Crippen molar-refractivity contribution in [1.29, 1.82) is 0 Å². The smallest absolute Gasteiger partial charge is 0.376 e. The van der Waals surface area contributed by atoms with E-state index < -0.39 is 11.8 Å². The summed E-state index contributed by atoms with van der Waals surface area (Å²) >= 11 is 3.28. The Morgan fingerprint density at radius 3 is 2.62 bits per heavy atom. The number of carbonyl (C=O) groups is 2. The van der Waals surface area contributed by atoms with E-state index in [1.165, 1.54) is 6.08 Å². The molecule has 1 N–H and O–H groups in total. The molecule has 16 heavy (non-hydrogen) atoms. The molecule has 0 spiro atoms. The van der Waals surface area contributed by atoms with Crippen molar-refractivity contribution < 1.29 is 19.4 Å². The maximum absolute atomic E-state index is 10.8. The molecule has 0 aliphatic heterocycles. The number of halogens is 1. The molecule has 1 rings (SSSR count). The van der Waals surface area contributed by atoms with Gasteiger partial charge in [-0.25, -0.2) is 4.79 Å². The summed E-state index contributed by atoms with van der Waals surface area (Å²) in [6, 6.07) is 5.16. The number of carbonyl (C=O) groups excluding carboxylic acids is 1. The molecule has 4 nitrogen and oxygen atoms in total. The SMILES string of the molecule is COc1ccc(/C=C/C(=O)C(=O)O)cc1Br. The average Bonchev–Trinajstić information content (AvgIpc) is 2.25. The van der Waals surface area contributed by atoms with E-state index in [0.717, 1.165) is 10.5 Å². The summed E-state index contributed by atoms with van der Waals surface area (Å²) in [7, 11) is 1.55. The lowest BCUT2D eigenvalue weighted by atomic mass is 10.2. The van der Waals surface area contributed by atoms with Crippen LogP contribution >= 0.6 is 15.9 Å². The first-order valence-corrected chi connectivity index (χ1v) is 5.12. The van der Waals surface area contributed by atoms with E-state index in [1.807, 2.05) is 0 Å². The predicted octanol–water partition coefficient (Wildman–Crippen LogP) is 2.12. The molecule has 0 aliphatic rings. The summed E-state index contributed by atoms with van der Waals surface area (Å²) in [4.78, 5) is 21.1. The van der Waals surface area contributed by atoms with Crippen LogP contribution in [0.5, 0.6) is 5.75 Å². The molecule has 0 unspecified atom stereocenters. The van der Waals surface area contributed by atoms with Crippen LogP contribution in [0, 0.1) is 0 Å². The lowest BCUT2D eigenvalue weighted by Gasteiger charge is -2.02. The van der Waals surface area contributed by atoms with Gasteiger partial charge in [-0.15, -0.1) is 0 Å². The summed E-state index contributed by atoms with van der Waals surface area (Å²) in [6.45, 7) is 0. The van der Waals surface area contributed by atoms with Crippen molar-refractivity contribution in [2.24, 2.45) is 0 Å². The lowest BCUT2D eigenvalue weighted by Crippen LogP contribution is -2.08. The Labute approximate surface area is 101 Å². The van der Waals surface area contributed by atoms with Crippen LogP contribution in [0.3, 0.4) is 0 Å². The minimum atomic E-state index is -1.47. The number of hydrogen-bond donors (Lipinski definition) is 1. The third-order valence-electron chi connectivity index (χ3n) is 1.81. The number of carboxylic acid groups (broad SMARTS) is 1. The molecule has 0 saturated heterocycles. The van der Waals surface area contributed by atoms with Gasteiger partial charge in [0.2, 0.25) is 0 Å². The fourth-order valence-corrected chi connectivity index (χ4v) is 1.59. The zero-order chi connectivity index (χ0) is 12.1. The Morgan fingerprint density at radius 1 is 1.44 bits per heavy atom. The molecule has 0 saturated carbocycles. The minimum Gasteiger partial charge on any atom is -0.496 e. The maximum atomic E-state index is 10.8. The number of benzene rings is 1. The Morgan fingerprint density at radius 2 is 2.12 bits per heavy atom. The summed E-state index contributed by atoms with van der Waals surface area (Å²) in [5.74, 6) is -1.75. The highest BCUT2D eigenvalue weighted by molar-refractivity contribution is 9.10. The standard InChI is InChI=1S/C11H9BrO4/c1-16-10-5-3-7(6-8(10)12)2-4-9(13)11(14)15/h2-6H,1H3,(H,14,15)/b4-2+. The molecule has 84 valence electrons. The summed E-state index contributed by atoms with van der Waals surface area (Å²) < 4.78 is 5.77. The van der Waals surface area contributed by atoms with Gasteiger partial charge in [-0.05, 0) is 39.7 Å². The van der Waals surface area contributed by atoms with Crippen molar-refractivity contribution in [1.82, 2.24) is 0 Å². The molecule has 0 bridgehead atoms. The zero-order valence-electron chi connectivity index (χ0n) is 8.44. The Kier molecular flexibility index (Phi) is 4.25. The van der Waals surface area contributed by atoms with Crippen molar-refractivity contribution in [3.8, 4) is 5.75 Å². The maximum Gasteiger partial charge on any atom is 0.376 e. The monoisotopic (exact) mass is 284 g/mol. The molecule has 5 heteroatoms. The summed E-state index contributed by atoms with van der Waals surface area (Å²) in [5, 5.41) is 8.37. The minimum absolute atomic E-state index is 0.668. The molecule has 0 amide bonds. The van der Waals surface area contributed by atoms with E-state index in [2.05, 4.69) is 15.9 Å². The molecule has 0 atom stereocenters. The highest BCUT2D eigenvalue weighted by Crippen LogP contribution is 2.25. The lowest BCUT2D eigenvalue weighted by molar-refractivity contribution is -0.146. The highest BCUT2D eigenvalue weighted by Gasteiger charge is 2.06. The molecule has 1 aromatic carbocycles. The van der Waals surface area contributed by atoms with Gasteiger partial charge in [-0.3, -0.25) is 4.79 Å². The van der Waals surface area contributed by atoms with Gasteiger partial charge in [0.15, 0.2) is 0 Å². The first-order valence-electron chi connectivity index (χ1n) is 4.33. The van der Waals surface area contributed by atoms with E-state index in [9.17, 15) is 9.59 Å². The van der Waals surface area contributed by atoms with Crippen LogP contribution in [-0.4, -0.2) is 24.0 Å². The van der Waals surface area contributed by atoms with Crippen LogP contribution in [-0.2, 0) is 9.59 Å². The van der Waals surface area contributed by atoms with Crippen molar-refractivity contribution in [3.05, 3.63) is 34.3 Å². The third kappa shape index (κ3) is 3.20. The van der Waals surface area contributed by atoms with E-state index in [0.29, 0.717) is 11.3 Å². The van der Waals surface area contributed by atoms with Crippen molar-refractivity contribution >= 4 is 33.8 Å². The molecule has 1 aromatic rings. The number of methoxy groups -OCH3 is 1. The van der Waals surface area contributed by atoms with Gasteiger partial charge < -0.3 is 9.84 Å². The number of aliphatic carboxylic acids is 1. The van der Waals surface area contributed by atoms with Crippen LogP contribution in [0.4, 0.5) is 0 Å². The topological polar surface area (TPSA) is 63.6 Å². The van der Waals surface area contributed by atoms with Gasteiger partial charge in [0.25, 0.3) is 5.78 Å². The zero-order valence-corrected chi connectivity index (χ0v) is 10.0. The van der Waals surface area contributed by atoms with E-state index in [-0.39, 0.29) is 0 Å². The molecule has 0 heterocycles. The van der Waals surface area contributed by atoms with Gasteiger partial charge in [-0.1, -0.05) is 12.1 Å². The van der Waals surface area contributed by atoms with Crippen LogP contribution in [0.2, 0.25) is 0 Å². The van der Waals surface area contributed by atoms with Crippen molar-refractivity contribution in [3.63, 3.8) is 0 Å². The third-order valence-corrected chi connectivity index (χ3v) is 2.43. The van der Waals surface area contributed by atoms with Crippen LogP contribution in [0.15, 0.2) is 28.7 Å². The fraction of sp³-hybridized carbons (Fsp3) is 0.0909. The van der Waals surface area contributed by atoms with Gasteiger partial charge in [0, 0.05) is 0 Å². The fourth-order valence-electron chi connectivity index (χ4n) is 1.03. The van der Waals surface area contributed by atoms with Gasteiger partial charge in [0.05, 0.1) is 11.6 Å². The number of rotatable bonds is 4. The van der Waals surface area contributed by atoms with Gasteiger partial charge >= 0.3 is 5.97 Å². The molecule has 0 aromatic heterocycles. The first-order chi connectivity index (χ1) is 7.54. The van der Waals surface area contributed by atoms with Crippen LogP contribution in [0.25, 0.3) is 6.08 Å². The molecular weight excluding hydrogens is 276 g/mol. The van der Waals surface area contributed by atoms with E-state index >= 15 is 0 Å². The Balaban J connectivity index is 2.87. The normalized spacial score (nSPS) is 10.4. The second kappa shape index (κ2) is 5.46. The summed E-state index contributed by atoms with van der Waals surface area (Å²) in [6.07, 6.45) is 2.44. The molecule has 0 fully saturated rings. The number of ketones is 1. The number of hydrogen-bond acceptors (Lipinski definition) is 3. The van der Waals surface area contributed by atoms with Gasteiger partial charge in [0.1, 0.15) is 5.75 Å². The molecule has 0 aliphatic carbocycles. The Hall–Kier alpha value is -1.62. The summed E-state index contributed by atoms with van der Waals surface area (Å²) in [5.41, 5.74) is 0.710. The quantitative estimate of drug-likeness (QED) is 0.680. The largest absolute Gasteiger partial charge is 0.496 e. The Bertz CT molecular complexity index is 451. The van der Waals surface area contributed by atoms with Crippen molar-refractivity contribution in [2.45, 2.75) is 0 Å². The first kappa shape index (κ1) is 12.4. The van der Waals surface area contributed by atoms with Crippen molar-refractivity contribution in [2.75, 3.05) is 7.11 Å². The van der Waals surface area contributed by atoms with Crippen LogP contribution < -0.4 is 4.74 Å². The average molecular weight is 285 g/mol. The van der Waals surface area contributed by atoms with E-state index in [1.54, 1.807) is 25.3 Å². The molecular formula is C11H9BrO4. The van der Waals surface area contributed by atoms with E-state index in [4.69, 9.17) is 9.84 Å². The predicted molar refractivity (Wildman–Crippen MR) is 62.4 cm³/mol. The van der Waals surface area contributed by atoms with Gasteiger partial charge in [-0.2, -0.15) is 0 Å². The highest BCUT2D eigenvalue weighted by atomic mass is 79.9.